The van der Waals surface area contributed by atoms with Crippen molar-refractivity contribution in [3.8, 4) is 5.75 Å². The van der Waals surface area contributed by atoms with Gasteiger partial charge >= 0.3 is 5.97 Å². The maximum absolute atomic E-state index is 12.8. The van der Waals surface area contributed by atoms with E-state index in [2.05, 4.69) is 10.3 Å². The van der Waals surface area contributed by atoms with Gasteiger partial charge in [-0.25, -0.2) is 9.78 Å². The average Bonchev–Trinajstić information content (AvgIpc) is 2.94. The fraction of sp³-hybridized carbons (Fsp3) is 0.167. The Hall–Kier alpha value is -3.35. The van der Waals surface area contributed by atoms with Gasteiger partial charge in [0.1, 0.15) is 22.7 Å². The van der Waals surface area contributed by atoms with Crippen LogP contribution in [0, 0.1) is 0 Å². The van der Waals surface area contributed by atoms with E-state index in [0.717, 1.165) is 6.42 Å². The van der Waals surface area contributed by atoms with Gasteiger partial charge in [0.2, 0.25) is 0 Å². The number of imidazole rings is 1. The van der Waals surface area contributed by atoms with E-state index < -0.39 is 5.97 Å². The number of carbonyl (C=O) groups is 2. The smallest absolute Gasteiger partial charge is 0.339 e. The number of aromatic nitrogens is 2. The first kappa shape index (κ1) is 16.5. The van der Waals surface area contributed by atoms with E-state index in [-0.39, 0.29) is 22.9 Å². The number of aromatic carboxylic acids is 1. The molecule has 0 unspecified atom stereocenters. The number of nitrogens with one attached hydrogen (secondary N) is 1. The Morgan fingerprint density at radius 2 is 2.04 bits per heavy atom. The molecule has 25 heavy (non-hydrogen) atoms. The molecule has 0 bridgehead atoms. The van der Waals surface area contributed by atoms with Crippen LogP contribution in [-0.4, -0.2) is 31.5 Å². The lowest BCUT2D eigenvalue weighted by Gasteiger charge is -2.08. The molecule has 0 fully saturated rings. The van der Waals surface area contributed by atoms with Crippen LogP contribution in [0.5, 0.6) is 5.75 Å². The Balaban J connectivity index is 1.99. The Bertz CT molecular complexity index is 962. The van der Waals surface area contributed by atoms with E-state index in [0.29, 0.717) is 23.5 Å². The van der Waals surface area contributed by atoms with Crippen LogP contribution in [0.1, 0.15) is 39.9 Å². The van der Waals surface area contributed by atoms with Crippen LogP contribution in [0.25, 0.3) is 5.65 Å². The number of anilines is 1. The van der Waals surface area contributed by atoms with Gasteiger partial charge < -0.3 is 15.5 Å². The zero-order valence-electron chi connectivity index (χ0n) is 13.6. The predicted molar refractivity (Wildman–Crippen MR) is 92.2 cm³/mol. The molecule has 2 aromatic heterocycles. The van der Waals surface area contributed by atoms with Crippen LogP contribution < -0.4 is 5.32 Å². The number of hydrogen-bond donors (Lipinski definition) is 3. The van der Waals surface area contributed by atoms with Crippen molar-refractivity contribution in [1.82, 2.24) is 9.38 Å². The Morgan fingerprint density at radius 1 is 1.24 bits per heavy atom. The quantitative estimate of drug-likeness (QED) is 0.620. The van der Waals surface area contributed by atoms with Gasteiger partial charge in [0.05, 0.1) is 5.69 Å². The lowest BCUT2D eigenvalue weighted by atomic mass is 10.1. The lowest BCUT2D eigenvalue weighted by Crippen LogP contribution is -2.16. The maximum atomic E-state index is 12.8. The summed E-state index contributed by atoms with van der Waals surface area (Å²) in [6.07, 6.45) is 3.25. The van der Waals surface area contributed by atoms with Crippen molar-refractivity contribution in [2.24, 2.45) is 0 Å². The molecule has 7 heteroatoms. The van der Waals surface area contributed by atoms with Gasteiger partial charge in [-0.2, -0.15) is 0 Å². The third-order valence-corrected chi connectivity index (χ3v) is 3.79. The van der Waals surface area contributed by atoms with E-state index in [1.807, 2.05) is 25.1 Å². The number of carboxylic acids is 1. The molecule has 7 nitrogen and oxygen atoms in total. The highest BCUT2D eigenvalue weighted by atomic mass is 16.4. The summed E-state index contributed by atoms with van der Waals surface area (Å²) < 4.78 is 1.71. The summed E-state index contributed by atoms with van der Waals surface area (Å²) >= 11 is 0. The number of aryl methyl sites for hydroxylation is 1. The molecule has 0 aliphatic rings. The van der Waals surface area contributed by atoms with E-state index in [1.165, 1.54) is 18.2 Å². The number of fused-ring (bicyclic) bond motifs is 1. The van der Waals surface area contributed by atoms with Gasteiger partial charge in [-0.3, -0.25) is 9.20 Å². The number of benzene rings is 1. The van der Waals surface area contributed by atoms with Gasteiger partial charge in [0.25, 0.3) is 5.91 Å². The summed E-state index contributed by atoms with van der Waals surface area (Å²) in [5.74, 6) is -2.01. The van der Waals surface area contributed by atoms with Crippen LogP contribution in [0.2, 0.25) is 0 Å². The number of pyridine rings is 1. The van der Waals surface area contributed by atoms with Gasteiger partial charge in [-0.1, -0.05) is 19.4 Å². The fourth-order valence-corrected chi connectivity index (χ4v) is 2.67. The Morgan fingerprint density at radius 3 is 2.76 bits per heavy atom. The molecule has 3 aromatic rings. The molecule has 2 heterocycles. The van der Waals surface area contributed by atoms with Crippen molar-refractivity contribution in [1.29, 1.82) is 0 Å². The van der Waals surface area contributed by atoms with E-state index in [1.54, 1.807) is 10.6 Å². The second-order valence-electron chi connectivity index (χ2n) is 5.58. The van der Waals surface area contributed by atoms with Crippen LogP contribution in [0.4, 0.5) is 5.69 Å². The van der Waals surface area contributed by atoms with Crippen molar-refractivity contribution in [3.63, 3.8) is 0 Å². The van der Waals surface area contributed by atoms with Gasteiger partial charge in [-0.05, 0) is 36.8 Å². The van der Waals surface area contributed by atoms with E-state index in [9.17, 15) is 14.7 Å². The Kier molecular flexibility index (Phi) is 4.38. The minimum absolute atomic E-state index is 0.273. The zero-order chi connectivity index (χ0) is 18.0. The molecular weight excluding hydrogens is 322 g/mol. The topological polar surface area (TPSA) is 104 Å². The first-order valence-electron chi connectivity index (χ1n) is 7.85. The van der Waals surface area contributed by atoms with Gasteiger partial charge in [-0.15, -0.1) is 0 Å². The summed E-state index contributed by atoms with van der Waals surface area (Å²) in [5, 5.41) is 21.3. The highest BCUT2D eigenvalue weighted by molar-refractivity contribution is 6.05. The lowest BCUT2D eigenvalue weighted by molar-refractivity contribution is 0.0693. The zero-order valence-corrected chi connectivity index (χ0v) is 13.6. The number of carboxylic acid groups (broad SMARTS) is 1. The summed E-state index contributed by atoms with van der Waals surface area (Å²) in [5.41, 5.74) is 1.79. The fourth-order valence-electron chi connectivity index (χ4n) is 2.67. The van der Waals surface area contributed by atoms with Crippen LogP contribution in [0.3, 0.4) is 0 Å². The summed E-state index contributed by atoms with van der Waals surface area (Å²) in [6, 6.07) is 9.38. The highest BCUT2D eigenvalue weighted by Crippen LogP contribution is 2.23. The van der Waals surface area contributed by atoms with Crippen LogP contribution in [0.15, 0.2) is 42.6 Å². The average molecular weight is 339 g/mol. The summed E-state index contributed by atoms with van der Waals surface area (Å²) in [7, 11) is 0. The first-order chi connectivity index (χ1) is 12.0. The minimum atomic E-state index is -1.27. The Labute approximate surface area is 143 Å². The standard InChI is InChI=1S/C18H17N3O4/c1-2-5-13-16(21-9-4-3-6-15(21)20-13)17(23)19-11-7-8-14(22)12(10-11)18(24)25/h3-4,6-10,22H,2,5H2,1H3,(H,19,23)(H,24,25). The molecule has 1 aromatic carbocycles. The largest absolute Gasteiger partial charge is 0.507 e. The maximum Gasteiger partial charge on any atom is 0.339 e. The summed E-state index contributed by atoms with van der Waals surface area (Å²) in [4.78, 5) is 28.4. The van der Waals surface area contributed by atoms with E-state index in [4.69, 9.17) is 5.11 Å². The van der Waals surface area contributed by atoms with Crippen molar-refractivity contribution < 1.29 is 19.8 Å². The van der Waals surface area contributed by atoms with Crippen LogP contribution >= 0.6 is 0 Å². The number of hydrogen-bond acceptors (Lipinski definition) is 4. The normalized spacial score (nSPS) is 10.8. The number of nitrogens with zero attached hydrogens (tertiary/aromatic N) is 2. The predicted octanol–water partition coefficient (Wildman–Crippen LogP) is 2.94. The van der Waals surface area contributed by atoms with Crippen molar-refractivity contribution in [3.05, 3.63) is 59.5 Å². The molecule has 128 valence electrons. The monoisotopic (exact) mass is 339 g/mol. The van der Waals surface area contributed by atoms with Gasteiger partial charge in [0, 0.05) is 11.9 Å². The number of rotatable bonds is 5. The second kappa shape index (κ2) is 6.64. The third kappa shape index (κ3) is 3.16. The molecule has 0 saturated carbocycles. The number of aromatic hydroxyl groups is 1. The molecule has 0 saturated heterocycles. The van der Waals surface area contributed by atoms with Crippen LogP contribution in [-0.2, 0) is 6.42 Å². The molecule has 3 rings (SSSR count). The molecule has 0 aliphatic heterocycles. The third-order valence-electron chi connectivity index (χ3n) is 3.79. The highest BCUT2D eigenvalue weighted by Gasteiger charge is 2.19. The first-order valence-corrected chi connectivity index (χ1v) is 7.85. The molecular formula is C18H17N3O4. The molecule has 0 atom stereocenters. The molecule has 0 radical (unpaired) electrons. The van der Waals surface area contributed by atoms with Gasteiger partial charge in [0.15, 0.2) is 0 Å². The molecule has 3 N–H and O–H groups in total. The number of carbonyl (C=O) groups excluding carboxylic acids is 1. The molecule has 1 amide bonds. The molecule has 0 aliphatic carbocycles. The van der Waals surface area contributed by atoms with Crippen molar-refractivity contribution in [2.45, 2.75) is 19.8 Å². The van der Waals surface area contributed by atoms with Crippen molar-refractivity contribution in [2.75, 3.05) is 5.32 Å². The van der Waals surface area contributed by atoms with E-state index >= 15 is 0 Å². The van der Waals surface area contributed by atoms with Crippen molar-refractivity contribution >= 4 is 23.2 Å². The minimum Gasteiger partial charge on any atom is -0.507 e. The number of phenols is 1. The molecule has 0 spiro atoms. The second-order valence-corrected chi connectivity index (χ2v) is 5.58. The SMILES string of the molecule is CCCc1nc2ccccn2c1C(=O)Nc1ccc(O)c(C(=O)O)c1. The number of amides is 1. The summed E-state index contributed by atoms with van der Waals surface area (Å²) in [6.45, 7) is 2.00.